The maximum atomic E-state index is 5.64. The maximum absolute atomic E-state index is 5.64. The van der Waals surface area contributed by atoms with Gasteiger partial charge in [-0.3, -0.25) is 0 Å². The lowest BCUT2D eigenvalue weighted by molar-refractivity contribution is 0.103. The van der Waals surface area contributed by atoms with Gasteiger partial charge in [-0.2, -0.15) is 4.98 Å². The number of aromatic nitrogens is 3. The van der Waals surface area contributed by atoms with Gasteiger partial charge in [0.25, 0.3) is 5.71 Å². The van der Waals surface area contributed by atoms with Gasteiger partial charge >= 0.3 is 0 Å². The van der Waals surface area contributed by atoms with E-state index in [0.29, 0.717) is 17.7 Å². The lowest BCUT2D eigenvalue weighted by atomic mass is 10.1. The highest BCUT2D eigenvalue weighted by atomic mass is 16.5. The fraction of sp³-hybridized carbons (Fsp3) is 0.643. The van der Waals surface area contributed by atoms with Crippen molar-refractivity contribution in [3.05, 3.63) is 12.2 Å². The van der Waals surface area contributed by atoms with Gasteiger partial charge in [-0.25, -0.2) is 9.97 Å². The van der Waals surface area contributed by atoms with E-state index in [1.54, 1.807) is 0 Å². The van der Waals surface area contributed by atoms with Gasteiger partial charge in [0.2, 0.25) is 0 Å². The molecule has 6 nitrogen and oxygen atoms in total. The molecule has 1 aliphatic heterocycles. The summed E-state index contributed by atoms with van der Waals surface area (Å²) in [6, 6.07) is 0. The number of hydrogen-bond acceptors (Lipinski definition) is 6. The van der Waals surface area contributed by atoms with Gasteiger partial charge in [-0.1, -0.05) is 0 Å². The molecule has 1 aliphatic rings. The summed E-state index contributed by atoms with van der Waals surface area (Å²) in [5, 5.41) is 0. The molecule has 2 aromatic rings. The number of hydrogen-bond donors (Lipinski definition) is 0. The Balaban J connectivity index is 1.64. The molecule has 1 saturated heterocycles. The Labute approximate surface area is 118 Å². The second-order valence-electron chi connectivity index (χ2n) is 5.28. The minimum absolute atomic E-state index is 0.447. The lowest BCUT2D eigenvalue weighted by Gasteiger charge is -2.18. The number of fused-ring (bicyclic) bond motifs is 1. The Morgan fingerprint density at radius 3 is 3.10 bits per heavy atom. The first-order valence-electron chi connectivity index (χ1n) is 7.15. The fourth-order valence-electron chi connectivity index (χ4n) is 2.66. The number of nitrogens with zero attached hydrogens (tertiary/aromatic N) is 4. The van der Waals surface area contributed by atoms with Crippen LogP contribution < -0.4 is 4.90 Å². The van der Waals surface area contributed by atoms with Crippen LogP contribution in [0.2, 0.25) is 0 Å². The minimum Gasteiger partial charge on any atom is -0.422 e. The van der Waals surface area contributed by atoms with Crippen molar-refractivity contribution in [2.75, 3.05) is 25.1 Å². The zero-order valence-corrected chi connectivity index (χ0v) is 12.0. The van der Waals surface area contributed by atoms with Gasteiger partial charge in [-0.05, 0) is 25.7 Å². The summed E-state index contributed by atoms with van der Waals surface area (Å²) in [4.78, 5) is 14.9. The molecule has 2 aromatic heterocycles. The molecule has 20 heavy (non-hydrogen) atoms. The zero-order valence-electron chi connectivity index (χ0n) is 12.0. The van der Waals surface area contributed by atoms with Crippen LogP contribution in [0.3, 0.4) is 0 Å². The third kappa shape index (κ3) is 2.75. The highest BCUT2D eigenvalue weighted by Crippen LogP contribution is 2.23. The highest BCUT2D eigenvalue weighted by molar-refractivity contribution is 5.81. The van der Waals surface area contributed by atoms with Crippen LogP contribution in [-0.2, 0) is 4.74 Å². The SMILES string of the molecule is Cc1nc2c(N(C)CCCC3CCCO3)ncnc2o1. The molecular formula is C14H20N4O2. The van der Waals surface area contributed by atoms with Crippen molar-refractivity contribution >= 4 is 17.0 Å². The quantitative estimate of drug-likeness (QED) is 0.835. The summed E-state index contributed by atoms with van der Waals surface area (Å²) in [6.45, 7) is 3.67. The predicted octanol–water partition coefficient (Wildman–Crippen LogP) is 2.32. The molecule has 3 rings (SSSR count). The van der Waals surface area contributed by atoms with Crippen LogP contribution >= 0.6 is 0 Å². The molecular weight excluding hydrogens is 256 g/mol. The first-order chi connectivity index (χ1) is 9.74. The van der Waals surface area contributed by atoms with E-state index >= 15 is 0 Å². The number of aryl methyl sites for hydroxylation is 1. The maximum Gasteiger partial charge on any atom is 0.252 e. The van der Waals surface area contributed by atoms with Crippen LogP contribution in [0.5, 0.6) is 0 Å². The molecule has 0 bridgehead atoms. The Kier molecular flexibility index (Phi) is 3.82. The van der Waals surface area contributed by atoms with E-state index in [1.807, 2.05) is 14.0 Å². The predicted molar refractivity (Wildman–Crippen MR) is 75.8 cm³/mol. The van der Waals surface area contributed by atoms with Crippen LogP contribution in [0.1, 0.15) is 31.6 Å². The van der Waals surface area contributed by atoms with Crippen LogP contribution in [0.15, 0.2) is 10.7 Å². The molecule has 3 heterocycles. The minimum atomic E-state index is 0.447. The van der Waals surface area contributed by atoms with Crippen molar-refractivity contribution in [1.82, 2.24) is 15.0 Å². The van der Waals surface area contributed by atoms with Crippen molar-refractivity contribution < 1.29 is 9.15 Å². The number of rotatable bonds is 5. The van der Waals surface area contributed by atoms with E-state index in [-0.39, 0.29) is 0 Å². The van der Waals surface area contributed by atoms with Gasteiger partial charge in [0, 0.05) is 27.1 Å². The molecule has 1 fully saturated rings. The highest BCUT2D eigenvalue weighted by Gasteiger charge is 2.17. The molecule has 0 radical (unpaired) electrons. The monoisotopic (exact) mass is 276 g/mol. The second-order valence-corrected chi connectivity index (χ2v) is 5.28. The topological polar surface area (TPSA) is 64.3 Å². The Morgan fingerprint density at radius 1 is 1.40 bits per heavy atom. The van der Waals surface area contributed by atoms with Crippen LogP contribution in [0, 0.1) is 6.92 Å². The third-order valence-electron chi connectivity index (χ3n) is 3.69. The van der Waals surface area contributed by atoms with Gasteiger partial charge < -0.3 is 14.1 Å². The van der Waals surface area contributed by atoms with E-state index < -0.39 is 0 Å². The van der Waals surface area contributed by atoms with Gasteiger partial charge in [0.15, 0.2) is 17.2 Å². The fourth-order valence-corrected chi connectivity index (χ4v) is 2.66. The molecule has 0 aromatic carbocycles. The van der Waals surface area contributed by atoms with Crippen LogP contribution in [-0.4, -0.2) is 41.3 Å². The standard InChI is InChI=1S/C14H20N4O2/c1-10-17-12-13(15-9-16-14(12)20-10)18(2)7-3-5-11-6-4-8-19-11/h9,11H,3-8H2,1-2H3. The summed E-state index contributed by atoms with van der Waals surface area (Å²) in [5.74, 6) is 1.45. The molecule has 0 saturated carbocycles. The van der Waals surface area contributed by atoms with Crippen LogP contribution in [0.25, 0.3) is 11.2 Å². The molecule has 1 unspecified atom stereocenters. The van der Waals surface area contributed by atoms with Crippen molar-refractivity contribution in [2.45, 2.75) is 38.7 Å². The van der Waals surface area contributed by atoms with E-state index in [1.165, 1.54) is 19.2 Å². The lowest BCUT2D eigenvalue weighted by Crippen LogP contribution is -2.21. The molecule has 108 valence electrons. The van der Waals surface area contributed by atoms with E-state index in [9.17, 15) is 0 Å². The Bertz CT molecular complexity index is 578. The first kappa shape index (κ1) is 13.3. The molecule has 6 heteroatoms. The Hall–Kier alpha value is -1.69. The summed E-state index contributed by atoms with van der Waals surface area (Å²) < 4.78 is 11.1. The normalized spacial score (nSPS) is 18.8. The first-order valence-corrected chi connectivity index (χ1v) is 7.15. The zero-order chi connectivity index (χ0) is 13.9. The van der Waals surface area contributed by atoms with E-state index in [2.05, 4.69) is 19.9 Å². The van der Waals surface area contributed by atoms with Crippen molar-refractivity contribution in [1.29, 1.82) is 0 Å². The number of anilines is 1. The van der Waals surface area contributed by atoms with E-state index in [4.69, 9.17) is 9.15 Å². The van der Waals surface area contributed by atoms with Gasteiger partial charge in [0.1, 0.15) is 6.33 Å². The summed E-state index contributed by atoms with van der Waals surface area (Å²) >= 11 is 0. The van der Waals surface area contributed by atoms with Crippen molar-refractivity contribution in [3.63, 3.8) is 0 Å². The number of ether oxygens (including phenoxy) is 1. The molecule has 1 atom stereocenters. The summed E-state index contributed by atoms with van der Waals surface area (Å²) in [5.41, 5.74) is 1.29. The Morgan fingerprint density at radius 2 is 2.30 bits per heavy atom. The summed E-state index contributed by atoms with van der Waals surface area (Å²) in [7, 11) is 2.03. The largest absolute Gasteiger partial charge is 0.422 e. The summed E-state index contributed by atoms with van der Waals surface area (Å²) in [6.07, 6.45) is 6.57. The average Bonchev–Trinajstić information content (AvgIpc) is 3.05. The molecule has 0 amide bonds. The second kappa shape index (κ2) is 5.75. The van der Waals surface area contributed by atoms with Gasteiger partial charge in [0.05, 0.1) is 6.10 Å². The van der Waals surface area contributed by atoms with Crippen molar-refractivity contribution in [2.24, 2.45) is 0 Å². The van der Waals surface area contributed by atoms with E-state index in [0.717, 1.165) is 37.3 Å². The molecule has 0 aliphatic carbocycles. The number of oxazole rings is 1. The average molecular weight is 276 g/mol. The molecule has 0 N–H and O–H groups in total. The molecule has 0 spiro atoms. The van der Waals surface area contributed by atoms with Crippen LogP contribution in [0.4, 0.5) is 5.82 Å². The van der Waals surface area contributed by atoms with Crippen molar-refractivity contribution in [3.8, 4) is 0 Å². The smallest absolute Gasteiger partial charge is 0.252 e. The third-order valence-corrected chi connectivity index (χ3v) is 3.69. The van der Waals surface area contributed by atoms with Gasteiger partial charge in [-0.15, -0.1) is 0 Å².